The van der Waals surface area contributed by atoms with E-state index in [1.54, 1.807) is 12.1 Å². The highest BCUT2D eigenvalue weighted by molar-refractivity contribution is 9.10. The molecule has 0 aliphatic heterocycles. The smallest absolute Gasteiger partial charge is 0.139 e. The number of amidine groups is 1. The van der Waals surface area contributed by atoms with Crippen molar-refractivity contribution in [1.29, 1.82) is 0 Å². The highest BCUT2D eigenvalue weighted by atomic mass is 79.9. The van der Waals surface area contributed by atoms with Crippen molar-refractivity contribution in [2.24, 2.45) is 16.3 Å². The lowest BCUT2D eigenvalue weighted by Crippen LogP contribution is -2.23. The number of halogens is 2. The zero-order valence-electron chi connectivity index (χ0n) is 9.79. The number of anilines is 1. The maximum absolute atomic E-state index is 13.1. The fourth-order valence-corrected chi connectivity index (χ4v) is 2.29. The van der Waals surface area contributed by atoms with E-state index >= 15 is 0 Å². The predicted octanol–water partition coefficient (Wildman–Crippen LogP) is 2.92. The van der Waals surface area contributed by atoms with Crippen LogP contribution in [0.25, 0.3) is 0 Å². The molecule has 1 aliphatic carbocycles. The molecule has 1 aromatic rings. The molecule has 0 saturated heterocycles. The first kappa shape index (κ1) is 13.1. The molecule has 1 fully saturated rings. The third-order valence-corrected chi connectivity index (χ3v) is 3.84. The predicted molar refractivity (Wildman–Crippen MR) is 72.3 cm³/mol. The van der Waals surface area contributed by atoms with Gasteiger partial charge in [0.2, 0.25) is 0 Å². The minimum atomic E-state index is -0.279. The molecule has 98 valence electrons. The standard InChI is InChI=1S/C12H15BrFN3O/c13-9-5-8(1-2-10(9)14)16-7-12(3-4-12)6-11(15)17-18/h1-2,5,16,18H,3-4,6-7H2,(H2,15,17). The van der Waals surface area contributed by atoms with E-state index in [1.165, 1.54) is 6.07 Å². The van der Waals surface area contributed by atoms with Crippen LogP contribution in [0.5, 0.6) is 0 Å². The van der Waals surface area contributed by atoms with Gasteiger partial charge in [-0.2, -0.15) is 0 Å². The monoisotopic (exact) mass is 315 g/mol. The molecule has 4 nitrogen and oxygen atoms in total. The van der Waals surface area contributed by atoms with Crippen LogP contribution in [0.3, 0.4) is 0 Å². The van der Waals surface area contributed by atoms with Crippen LogP contribution >= 0.6 is 15.9 Å². The fraction of sp³-hybridized carbons (Fsp3) is 0.417. The average Bonchev–Trinajstić information content (AvgIpc) is 3.11. The van der Waals surface area contributed by atoms with E-state index < -0.39 is 0 Å². The number of oxime groups is 1. The van der Waals surface area contributed by atoms with Crippen LogP contribution in [0.15, 0.2) is 27.8 Å². The van der Waals surface area contributed by atoms with Gasteiger partial charge in [0, 0.05) is 18.7 Å². The van der Waals surface area contributed by atoms with Gasteiger partial charge in [0.1, 0.15) is 11.7 Å². The third kappa shape index (κ3) is 3.13. The van der Waals surface area contributed by atoms with Crippen LogP contribution in [0.4, 0.5) is 10.1 Å². The van der Waals surface area contributed by atoms with E-state index in [4.69, 9.17) is 10.9 Å². The molecule has 0 amide bonds. The Morgan fingerprint density at radius 1 is 1.56 bits per heavy atom. The topological polar surface area (TPSA) is 70.6 Å². The van der Waals surface area contributed by atoms with Gasteiger partial charge in [-0.05, 0) is 52.4 Å². The van der Waals surface area contributed by atoms with E-state index in [1.807, 2.05) is 0 Å². The Hall–Kier alpha value is -1.30. The second-order valence-electron chi connectivity index (χ2n) is 4.75. The summed E-state index contributed by atoms with van der Waals surface area (Å²) in [6.07, 6.45) is 2.69. The van der Waals surface area contributed by atoms with Crippen molar-refractivity contribution >= 4 is 27.5 Å². The number of nitrogens with one attached hydrogen (secondary N) is 1. The Labute approximate surface area is 113 Å². The Balaban J connectivity index is 1.93. The van der Waals surface area contributed by atoms with Crippen LogP contribution in [0.2, 0.25) is 0 Å². The zero-order chi connectivity index (χ0) is 13.2. The molecule has 0 spiro atoms. The van der Waals surface area contributed by atoms with Gasteiger partial charge in [-0.15, -0.1) is 0 Å². The average molecular weight is 316 g/mol. The lowest BCUT2D eigenvalue weighted by atomic mass is 10.0. The highest BCUT2D eigenvalue weighted by Crippen LogP contribution is 2.48. The van der Waals surface area contributed by atoms with Crippen molar-refractivity contribution in [2.45, 2.75) is 19.3 Å². The van der Waals surface area contributed by atoms with Crippen molar-refractivity contribution < 1.29 is 9.60 Å². The summed E-state index contributed by atoms with van der Waals surface area (Å²) in [6.45, 7) is 0.737. The van der Waals surface area contributed by atoms with Gasteiger partial charge < -0.3 is 16.3 Å². The molecule has 0 atom stereocenters. The minimum absolute atomic E-state index is 0.0805. The molecule has 18 heavy (non-hydrogen) atoms. The van der Waals surface area contributed by atoms with Crippen LogP contribution in [-0.4, -0.2) is 17.6 Å². The largest absolute Gasteiger partial charge is 0.409 e. The Morgan fingerprint density at radius 2 is 2.28 bits per heavy atom. The molecule has 0 unspecified atom stereocenters. The van der Waals surface area contributed by atoms with Crippen LogP contribution in [0.1, 0.15) is 19.3 Å². The summed E-state index contributed by atoms with van der Waals surface area (Å²) in [4.78, 5) is 0. The summed E-state index contributed by atoms with van der Waals surface area (Å²) >= 11 is 3.15. The van der Waals surface area contributed by atoms with Crippen molar-refractivity contribution in [3.63, 3.8) is 0 Å². The molecule has 1 aromatic carbocycles. The quantitative estimate of drug-likeness (QED) is 0.338. The second kappa shape index (κ2) is 5.14. The van der Waals surface area contributed by atoms with Gasteiger partial charge in [-0.3, -0.25) is 0 Å². The summed E-state index contributed by atoms with van der Waals surface area (Å²) in [5.74, 6) is -0.0204. The molecular formula is C12H15BrFN3O. The lowest BCUT2D eigenvalue weighted by Gasteiger charge is -2.16. The summed E-state index contributed by atoms with van der Waals surface area (Å²) < 4.78 is 13.5. The maximum atomic E-state index is 13.1. The van der Waals surface area contributed by atoms with Crippen LogP contribution < -0.4 is 11.1 Å². The molecule has 0 aromatic heterocycles. The molecular weight excluding hydrogens is 301 g/mol. The fourth-order valence-electron chi connectivity index (χ4n) is 1.91. The first-order valence-corrected chi connectivity index (χ1v) is 6.49. The molecule has 0 heterocycles. The Bertz CT molecular complexity index is 474. The Morgan fingerprint density at radius 3 is 2.83 bits per heavy atom. The number of hydrogen-bond donors (Lipinski definition) is 3. The summed E-state index contributed by atoms with van der Waals surface area (Å²) in [5, 5.41) is 14.8. The van der Waals surface area contributed by atoms with Gasteiger partial charge >= 0.3 is 0 Å². The molecule has 1 aliphatic rings. The van der Waals surface area contributed by atoms with Crippen molar-refractivity contribution in [2.75, 3.05) is 11.9 Å². The van der Waals surface area contributed by atoms with E-state index in [0.29, 0.717) is 10.9 Å². The SMILES string of the molecule is N/C(CC1(CNc2ccc(F)c(Br)c2)CC1)=N/O. The number of benzene rings is 1. The molecule has 4 N–H and O–H groups in total. The van der Waals surface area contributed by atoms with Gasteiger partial charge in [-0.1, -0.05) is 5.16 Å². The molecule has 0 radical (unpaired) electrons. The second-order valence-corrected chi connectivity index (χ2v) is 5.60. The molecule has 2 rings (SSSR count). The summed E-state index contributed by atoms with van der Waals surface area (Å²) in [5.41, 5.74) is 6.46. The van der Waals surface area contributed by atoms with Gasteiger partial charge in [0.25, 0.3) is 0 Å². The van der Waals surface area contributed by atoms with Gasteiger partial charge in [0.05, 0.1) is 4.47 Å². The van der Waals surface area contributed by atoms with E-state index in [9.17, 15) is 4.39 Å². The van der Waals surface area contributed by atoms with Gasteiger partial charge in [-0.25, -0.2) is 4.39 Å². The normalized spacial score (nSPS) is 17.6. The number of nitrogens with two attached hydrogens (primary N) is 1. The van der Waals surface area contributed by atoms with E-state index in [-0.39, 0.29) is 17.1 Å². The van der Waals surface area contributed by atoms with Gasteiger partial charge in [0.15, 0.2) is 0 Å². The maximum Gasteiger partial charge on any atom is 0.139 e. The first-order valence-electron chi connectivity index (χ1n) is 5.70. The minimum Gasteiger partial charge on any atom is -0.409 e. The first-order chi connectivity index (χ1) is 8.54. The van der Waals surface area contributed by atoms with Crippen molar-refractivity contribution in [3.05, 3.63) is 28.5 Å². The molecule has 6 heteroatoms. The van der Waals surface area contributed by atoms with E-state index in [0.717, 1.165) is 25.1 Å². The summed E-state index contributed by atoms with van der Waals surface area (Å²) in [6, 6.07) is 4.81. The van der Waals surface area contributed by atoms with Crippen LogP contribution in [-0.2, 0) is 0 Å². The molecule has 0 bridgehead atoms. The zero-order valence-corrected chi connectivity index (χ0v) is 11.4. The van der Waals surface area contributed by atoms with Crippen molar-refractivity contribution in [1.82, 2.24) is 0 Å². The van der Waals surface area contributed by atoms with Crippen LogP contribution in [0, 0.1) is 11.2 Å². The number of hydrogen-bond acceptors (Lipinski definition) is 3. The van der Waals surface area contributed by atoms with E-state index in [2.05, 4.69) is 26.4 Å². The summed E-state index contributed by atoms with van der Waals surface area (Å²) in [7, 11) is 0. The number of rotatable bonds is 5. The highest BCUT2D eigenvalue weighted by Gasteiger charge is 2.43. The number of nitrogens with zero attached hydrogens (tertiary/aromatic N) is 1. The Kier molecular flexibility index (Phi) is 3.75. The lowest BCUT2D eigenvalue weighted by molar-refractivity contribution is 0.315. The van der Waals surface area contributed by atoms with Crippen molar-refractivity contribution in [3.8, 4) is 0 Å². The molecule has 1 saturated carbocycles. The third-order valence-electron chi connectivity index (χ3n) is 3.23.